The number of hydrogen-bond donors (Lipinski definition) is 1. The number of nitrogens with two attached hydrogens (primary N) is 1. The van der Waals surface area contributed by atoms with Crippen LogP contribution >= 0.6 is 0 Å². The molecule has 100 valence electrons. The molecule has 0 aliphatic heterocycles. The molecule has 20 heavy (non-hydrogen) atoms. The van der Waals surface area contributed by atoms with Crippen molar-refractivity contribution in [3.8, 4) is 0 Å². The molecule has 1 aromatic heterocycles. The van der Waals surface area contributed by atoms with Gasteiger partial charge < -0.3 is 5.73 Å². The Morgan fingerprint density at radius 2 is 1.80 bits per heavy atom. The highest BCUT2D eigenvalue weighted by molar-refractivity contribution is 5.85. The van der Waals surface area contributed by atoms with Gasteiger partial charge in [0.25, 0.3) is 0 Å². The van der Waals surface area contributed by atoms with Crippen molar-refractivity contribution in [3.63, 3.8) is 0 Å². The van der Waals surface area contributed by atoms with Crippen molar-refractivity contribution in [2.45, 2.75) is 19.4 Å². The van der Waals surface area contributed by atoms with E-state index >= 15 is 0 Å². The molecule has 3 rings (SSSR count). The van der Waals surface area contributed by atoms with Crippen molar-refractivity contribution in [2.24, 2.45) is 5.73 Å². The quantitative estimate of drug-likeness (QED) is 0.780. The molecule has 1 unspecified atom stereocenters. The minimum Gasteiger partial charge on any atom is -0.324 e. The lowest BCUT2D eigenvalue weighted by Gasteiger charge is -2.15. The van der Waals surface area contributed by atoms with Gasteiger partial charge in [0.05, 0.1) is 0 Å². The van der Waals surface area contributed by atoms with Gasteiger partial charge in [-0.15, -0.1) is 0 Å². The number of fused-ring (bicyclic) bond motifs is 1. The number of aryl methyl sites for hydroxylation is 1. The zero-order chi connectivity index (χ0) is 13.9. The van der Waals surface area contributed by atoms with Crippen LogP contribution in [0.25, 0.3) is 10.8 Å². The van der Waals surface area contributed by atoms with Gasteiger partial charge >= 0.3 is 0 Å². The minimum absolute atomic E-state index is 0.0190. The van der Waals surface area contributed by atoms with Crippen molar-refractivity contribution < 1.29 is 0 Å². The summed E-state index contributed by atoms with van der Waals surface area (Å²) >= 11 is 0. The first-order valence-corrected chi connectivity index (χ1v) is 6.89. The zero-order valence-corrected chi connectivity index (χ0v) is 11.6. The van der Waals surface area contributed by atoms with E-state index in [0.29, 0.717) is 0 Å². The van der Waals surface area contributed by atoms with Crippen LogP contribution in [0.15, 0.2) is 60.8 Å². The highest BCUT2D eigenvalue weighted by Gasteiger charge is 2.11. The second kappa shape index (κ2) is 5.43. The molecule has 0 fully saturated rings. The Bertz CT molecular complexity index is 729. The first-order valence-electron chi connectivity index (χ1n) is 6.89. The van der Waals surface area contributed by atoms with Gasteiger partial charge in [0.1, 0.15) is 0 Å². The van der Waals surface area contributed by atoms with Gasteiger partial charge in [-0.3, -0.25) is 4.98 Å². The Balaban J connectivity index is 1.96. The molecule has 0 spiro atoms. The Hall–Kier alpha value is -2.19. The summed E-state index contributed by atoms with van der Waals surface area (Å²) in [6.07, 6.45) is 2.64. The standard InChI is InChI=1S/C18H18N2/c1-13-16(10-5-11-20-13)18(19)12-15-8-4-7-14-6-2-3-9-17(14)15/h2-11,18H,12,19H2,1H3. The fraction of sp³-hybridized carbons (Fsp3) is 0.167. The van der Waals surface area contributed by atoms with Gasteiger partial charge in [0, 0.05) is 17.9 Å². The Morgan fingerprint density at radius 3 is 2.65 bits per heavy atom. The highest BCUT2D eigenvalue weighted by atomic mass is 14.7. The van der Waals surface area contributed by atoms with Crippen molar-refractivity contribution in [1.82, 2.24) is 4.98 Å². The van der Waals surface area contributed by atoms with E-state index in [2.05, 4.69) is 53.5 Å². The van der Waals surface area contributed by atoms with Crippen LogP contribution in [-0.2, 0) is 6.42 Å². The third kappa shape index (κ3) is 2.43. The number of hydrogen-bond acceptors (Lipinski definition) is 2. The van der Waals surface area contributed by atoms with Crippen LogP contribution in [0.3, 0.4) is 0 Å². The van der Waals surface area contributed by atoms with Gasteiger partial charge in [-0.2, -0.15) is 0 Å². The van der Waals surface area contributed by atoms with E-state index in [9.17, 15) is 0 Å². The van der Waals surface area contributed by atoms with Gasteiger partial charge in [0.2, 0.25) is 0 Å². The maximum Gasteiger partial charge on any atom is 0.0420 e. The Labute approximate surface area is 119 Å². The highest BCUT2D eigenvalue weighted by Crippen LogP contribution is 2.24. The molecule has 0 aliphatic carbocycles. The summed E-state index contributed by atoms with van der Waals surface area (Å²) in [6, 6.07) is 18.8. The molecule has 1 heterocycles. The van der Waals surface area contributed by atoms with E-state index in [0.717, 1.165) is 17.7 Å². The first-order chi connectivity index (χ1) is 9.75. The second-order valence-electron chi connectivity index (χ2n) is 5.13. The Kier molecular flexibility index (Phi) is 3.48. The average Bonchev–Trinajstić information content (AvgIpc) is 2.48. The molecule has 2 aromatic carbocycles. The van der Waals surface area contributed by atoms with E-state index in [1.54, 1.807) is 0 Å². The molecule has 0 saturated carbocycles. The van der Waals surface area contributed by atoms with Crippen molar-refractivity contribution in [2.75, 3.05) is 0 Å². The molecule has 0 saturated heterocycles. The van der Waals surface area contributed by atoms with Gasteiger partial charge in [0.15, 0.2) is 0 Å². The SMILES string of the molecule is Cc1ncccc1C(N)Cc1cccc2ccccc12. The number of rotatable bonds is 3. The van der Waals surface area contributed by atoms with Crippen LogP contribution < -0.4 is 5.73 Å². The van der Waals surface area contributed by atoms with Gasteiger partial charge in [-0.1, -0.05) is 48.5 Å². The minimum atomic E-state index is -0.0190. The molecule has 2 N–H and O–H groups in total. The topological polar surface area (TPSA) is 38.9 Å². The molecular formula is C18H18N2. The first kappa shape index (κ1) is 12.8. The van der Waals surface area contributed by atoms with Crippen LogP contribution in [0, 0.1) is 6.92 Å². The number of pyridine rings is 1. The van der Waals surface area contributed by atoms with Crippen molar-refractivity contribution in [3.05, 3.63) is 77.6 Å². The third-order valence-electron chi connectivity index (χ3n) is 3.77. The van der Waals surface area contributed by atoms with Crippen molar-refractivity contribution >= 4 is 10.8 Å². The number of aromatic nitrogens is 1. The van der Waals surface area contributed by atoms with Gasteiger partial charge in [-0.25, -0.2) is 0 Å². The zero-order valence-electron chi connectivity index (χ0n) is 11.6. The number of nitrogens with zero attached hydrogens (tertiary/aromatic N) is 1. The lowest BCUT2D eigenvalue weighted by molar-refractivity contribution is 0.714. The summed E-state index contributed by atoms with van der Waals surface area (Å²) < 4.78 is 0. The van der Waals surface area contributed by atoms with Crippen LogP contribution in [-0.4, -0.2) is 4.98 Å². The van der Waals surface area contributed by atoms with E-state index in [1.165, 1.54) is 16.3 Å². The molecule has 2 nitrogen and oxygen atoms in total. The average molecular weight is 262 g/mol. The molecule has 0 radical (unpaired) electrons. The normalized spacial score (nSPS) is 12.5. The molecular weight excluding hydrogens is 244 g/mol. The summed E-state index contributed by atoms with van der Waals surface area (Å²) in [6.45, 7) is 2.01. The maximum atomic E-state index is 6.38. The van der Waals surface area contributed by atoms with Gasteiger partial charge in [-0.05, 0) is 41.3 Å². The largest absolute Gasteiger partial charge is 0.324 e. The maximum absolute atomic E-state index is 6.38. The summed E-state index contributed by atoms with van der Waals surface area (Å²) in [5, 5.41) is 2.55. The summed E-state index contributed by atoms with van der Waals surface area (Å²) in [5.74, 6) is 0. The molecule has 0 amide bonds. The number of benzene rings is 2. The van der Waals surface area contributed by atoms with E-state index < -0.39 is 0 Å². The van der Waals surface area contributed by atoms with Crippen LogP contribution in [0.5, 0.6) is 0 Å². The van der Waals surface area contributed by atoms with E-state index in [-0.39, 0.29) is 6.04 Å². The molecule has 0 aliphatic rings. The summed E-state index contributed by atoms with van der Waals surface area (Å²) in [4.78, 5) is 4.32. The molecule has 2 heteroatoms. The summed E-state index contributed by atoms with van der Waals surface area (Å²) in [7, 11) is 0. The lowest BCUT2D eigenvalue weighted by atomic mass is 9.95. The second-order valence-corrected chi connectivity index (χ2v) is 5.13. The molecule has 1 atom stereocenters. The van der Waals surface area contributed by atoms with Crippen LogP contribution in [0.1, 0.15) is 22.9 Å². The predicted octanol–water partition coefficient (Wildman–Crippen LogP) is 3.79. The van der Waals surface area contributed by atoms with E-state index in [1.807, 2.05) is 19.2 Å². The van der Waals surface area contributed by atoms with Crippen LogP contribution in [0.4, 0.5) is 0 Å². The lowest BCUT2D eigenvalue weighted by Crippen LogP contribution is -2.15. The molecule has 0 bridgehead atoms. The van der Waals surface area contributed by atoms with Crippen molar-refractivity contribution in [1.29, 1.82) is 0 Å². The van der Waals surface area contributed by atoms with E-state index in [4.69, 9.17) is 5.73 Å². The van der Waals surface area contributed by atoms with Crippen LogP contribution in [0.2, 0.25) is 0 Å². The smallest absolute Gasteiger partial charge is 0.0420 e. The fourth-order valence-corrected chi connectivity index (χ4v) is 2.71. The third-order valence-corrected chi connectivity index (χ3v) is 3.77. The fourth-order valence-electron chi connectivity index (χ4n) is 2.71. The Morgan fingerprint density at radius 1 is 1.00 bits per heavy atom. The summed E-state index contributed by atoms with van der Waals surface area (Å²) in [5.41, 5.74) is 9.81. The monoisotopic (exact) mass is 262 g/mol. The molecule has 3 aromatic rings. The predicted molar refractivity (Wildman–Crippen MR) is 83.6 cm³/mol.